The van der Waals surface area contributed by atoms with E-state index in [1.54, 1.807) is 5.57 Å². The highest BCUT2D eigenvalue weighted by Gasteiger charge is 2.40. The van der Waals surface area contributed by atoms with E-state index in [0.29, 0.717) is 0 Å². The maximum absolute atomic E-state index is 4.13. The highest BCUT2D eigenvalue weighted by Crippen LogP contribution is 2.56. The first-order valence-corrected chi connectivity index (χ1v) is 29.8. The molecule has 0 aliphatic heterocycles. The number of benzene rings is 8. The van der Waals surface area contributed by atoms with Crippen LogP contribution in [0.5, 0.6) is 0 Å². The second-order valence-electron chi connectivity index (χ2n) is 24.1. The third-order valence-electron chi connectivity index (χ3n) is 18.1. The van der Waals surface area contributed by atoms with E-state index in [2.05, 4.69) is 301 Å². The van der Waals surface area contributed by atoms with Crippen LogP contribution in [-0.4, -0.2) is 0 Å². The Hall–Kier alpha value is -8.72. The van der Waals surface area contributed by atoms with Crippen LogP contribution in [0.3, 0.4) is 0 Å². The van der Waals surface area contributed by atoms with Crippen molar-refractivity contribution in [3.8, 4) is 33.4 Å². The van der Waals surface area contributed by atoms with Gasteiger partial charge in [-0.05, 0) is 176 Å². The Morgan fingerprint density at radius 1 is 0.415 bits per heavy atom. The number of nitrogens with zero attached hydrogens (tertiary/aromatic N) is 1. The largest absolute Gasteiger partial charge is 0.354 e. The summed E-state index contributed by atoms with van der Waals surface area (Å²) in [5.74, 6) is 0. The normalized spacial score (nSPS) is 15.8. The van der Waals surface area contributed by atoms with Crippen LogP contribution in [0.15, 0.2) is 254 Å². The van der Waals surface area contributed by atoms with Gasteiger partial charge >= 0.3 is 0 Å². The van der Waals surface area contributed by atoms with Crippen molar-refractivity contribution in [1.82, 2.24) is 0 Å². The minimum absolute atomic E-state index is 0.101. The van der Waals surface area contributed by atoms with Gasteiger partial charge < -0.3 is 10.2 Å². The summed E-state index contributed by atoms with van der Waals surface area (Å²) >= 11 is 0. The average Bonchev–Trinajstić information content (AvgIpc) is 3.08. The third kappa shape index (κ3) is 9.62. The highest BCUT2D eigenvalue weighted by atomic mass is 15.2. The van der Waals surface area contributed by atoms with E-state index in [1.165, 1.54) is 107 Å². The van der Waals surface area contributed by atoms with E-state index in [4.69, 9.17) is 0 Å². The highest BCUT2D eigenvalue weighted by molar-refractivity contribution is 6.07. The van der Waals surface area contributed by atoms with E-state index in [9.17, 15) is 0 Å². The summed E-state index contributed by atoms with van der Waals surface area (Å²) in [5, 5.41) is 6.46. The van der Waals surface area contributed by atoms with Crippen LogP contribution in [0, 0.1) is 0 Å². The number of allylic oxidation sites excluding steroid dienone is 8. The predicted molar refractivity (Wildman–Crippen MR) is 354 cm³/mol. The molecule has 82 heavy (non-hydrogen) atoms. The molecule has 5 aliphatic rings. The lowest BCUT2D eigenvalue weighted by Crippen LogP contribution is -2.19. The van der Waals surface area contributed by atoms with Crippen LogP contribution >= 0.6 is 0 Å². The quantitative estimate of drug-likeness (QED) is 0.171. The molecule has 0 aromatic heterocycles. The molecule has 9 aromatic carbocycles. The Morgan fingerprint density at radius 2 is 0.963 bits per heavy atom. The Kier molecular flexibility index (Phi) is 14.4. The summed E-state index contributed by atoms with van der Waals surface area (Å²) in [4.78, 5) is 2.54. The van der Waals surface area contributed by atoms with Crippen molar-refractivity contribution in [3.05, 3.63) is 293 Å². The maximum atomic E-state index is 4.13. The minimum Gasteiger partial charge on any atom is -0.354 e. The summed E-state index contributed by atoms with van der Waals surface area (Å²) in [6.45, 7) is 20.5. The average molecular weight is 1070 g/mol. The molecule has 5 aliphatic carbocycles. The van der Waals surface area contributed by atoms with Gasteiger partial charge in [-0.2, -0.15) is 0 Å². The molecule has 2 nitrogen and oxygen atoms in total. The Labute approximate surface area is 488 Å². The molecule has 0 fully saturated rings. The van der Waals surface area contributed by atoms with Gasteiger partial charge in [-0.3, -0.25) is 0 Å². The van der Waals surface area contributed by atoms with Gasteiger partial charge in [0.15, 0.2) is 0 Å². The number of rotatable bonds is 7. The van der Waals surface area contributed by atoms with Crippen molar-refractivity contribution < 1.29 is 0 Å². The van der Waals surface area contributed by atoms with Crippen molar-refractivity contribution in [2.45, 2.75) is 104 Å². The first-order valence-electron chi connectivity index (χ1n) is 29.8. The van der Waals surface area contributed by atoms with Gasteiger partial charge in [0.05, 0.1) is 11.4 Å². The van der Waals surface area contributed by atoms with Crippen LogP contribution < -0.4 is 10.2 Å². The zero-order valence-electron chi connectivity index (χ0n) is 49.4. The molecule has 0 heterocycles. The van der Waals surface area contributed by atoms with Gasteiger partial charge in [0.25, 0.3) is 0 Å². The van der Waals surface area contributed by atoms with Crippen LogP contribution in [0.25, 0.3) is 55.3 Å². The molecule has 0 unspecified atom stereocenters. The number of nitrogens with one attached hydrogen (secondary N) is 1. The second kappa shape index (κ2) is 22.0. The summed E-state index contributed by atoms with van der Waals surface area (Å²) in [5.41, 5.74) is 28.0. The summed E-state index contributed by atoms with van der Waals surface area (Å²) in [6.07, 6.45) is 13.8. The summed E-state index contributed by atoms with van der Waals surface area (Å²) < 4.78 is 0. The molecule has 0 atom stereocenters. The fourth-order valence-electron chi connectivity index (χ4n) is 13.7. The number of anilines is 5. The SMILES string of the molecule is CC.CC1(C)C2=C(C=CCC2)c2ccc(N(c3ccc(-c4ccccc4)cc3)c3c(Nc4ccc5c(c4)C(C)(C)c4ccccc4-5)ccccccc4cc5c(cc34)-c3ccccc3C5(C)C)cc21.CC1=CC=C(c2ccccc2)CC1. The van der Waals surface area contributed by atoms with Crippen LogP contribution in [0.2, 0.25) is 0 Å². The lowest BCUT2D eigenvalue weighted by Gasteiger charge is -2.31. The van der Waals surface area contributed by atoms with Crippen LogP contribution in [0.4, 0.5) is 28.4 Å². The molecule has 9 aromatic rings. The van der Waals surface area contributed by atoms with Crippen molar-refractivity contribution in [1.29, 1.82) is 0 Å². The fourth-order valence-corrected chi connectivity index (χ4v) is 13.7. The van der Waals surface area contributed by atoms with Crippen molar-refractivity contribution in [2.24, 2.45) is 0 Å². The molecule has 0 saturated carbocycles. The smallest absolute Gasteiger partial charge is 0.0775 e. The van der Waals surface area contributed by atoms with E-state index < -0.39 is 0 Å². The third-order valence-corrected chi connectivity index (χ3v) is 18.1. The molecular weight excluding hydrogens is 989 g/mol. The predicted octanol–water partition coefficient (Wildman–Crippen LogP) is 22.7. The monoisotopic (exact) mass is 1060 g/mol. The fraction of sp³-hybridized carbons (Fsp3) is 0.200. The van der Waals surface area contributed by atoms with Gasteiger partial charge in [0, 0.05) is 38.7 Å². The molecule has 0 spiro atoms. The number of hydrogen-bond acceptors (Lipinski definition) is 2. The molecule has 0 saturated heterocycles. The first kappa shape index (κ1) is 53.9. The molecular formula is C80H76N2. The Morgan fingerprint density at radius 3 is 1.65 bits per heavy atom. The topological polar surface area (TPSA) is 15.3 Å². The zero-order valence-corrected chi connectivity index (χ0v) is 49.4. The molecule has 0 amide bonds. The lowest BCUT2D eigenvalue weighted by atomic mass is 9.78. The maximum Gasteiger partial charge on any atom is 0.0775 e. The number of fused-ring (bicyclic) bond motifs is 9. The van der Waals surface area contributed by atoms with E-state index >= 15 is 0 Å². The standard InChI is InChI=1S/C65H56N2.C13H14.C2H6/c1-63(2)57-28-19-16-25-50(57)54-41-53-44(38-58(54)63)22-10-7-8-13-29-61(66-45-32-36-51-48-23-14-17-26-55(48)64(3,4)59(51)39-45)62(53)67(46-33-30-43(31-34-46)42-20-11-9-12-21-42)47-35-37-52-49-24-15-18-27-56(49)65(5,6)60(52)40-47;1-11-7-9-13(10-8-11)12-5-3-2-4-6-12;1-2/h7-17,19-26,28-41,66H,18,27H2,1-6H3;2-7,9H,8,10H2,1H3;1-2H3. The lowest BCUT2D eigenvalue weighted by molar-refractivity contribution is 0.607. The van der Waals surface area contributed by atoms with Crippen molar-refractivity contribution in [3.63, 3.8) is 0 Å². The minimum atomic E-state index is -0.154. The summed E-state index contributed by atoms with van der Waals surface area (Å²) in [6, 6.07) is 80.9. The molecule has 0 bridgehead atoms. The summed E-state index contributed by atoms with van der Waals surface area (Å²) in [7, 11) is 0. The van der Waals surface area contributed by atoms with Crippen LogP contribution in [0.1, 0.15) is 127 Å². The van der Waals surface area contributed by atoms with Gasteiger partial charge in [0.2, 0.25) is 0 Å². The molecule has 0 radical (unpaired) electrons. The second-order valence-corrected chi connectivity index (χ2v) is 24.1. The van der Waals surface area contributed by atoms with E-state index in [1.807, 2.05) is 13.8 Å². The number of hydrogen-bond donors (Lipinski definition) is 1. The first-order chi connectivity index (χ1) is 39.9. The van der Waals surface area contributed by atoms with E-state index in [-0.39, 0.29) is 16.2 Å². The van der Waals surface area contributed by atoms with Gasteiger partial charge in [-0.1, -0.05) is 255 Å². The molecule has 2 heteroatoms. The van der Waals surface area contributed by atoms with Crippen LogP contribution in [-0.2, 0) is 16.2 Å². The van der Waals surface area contributed by atoms with Crippen molar-refractivity contribution in [2.75, 3.05) is 10.2 Å². The molecule has 1 N–H and O–H groups in total. The van der Waals surface area contributed by atoms with Gasteiger partial charge in [0.1, 0.15) is 0 Å². The zero-order chi connectivity index (χ0) is 56.8. The van der Waals surface area contributed by atoms with Crippen molar-refractivity contribution >= 4 is 50.4 Å². The van der Waals surface area contributed by atoms with Gasteiger partial charge in [-0.25, -0.2) is 0 Å². The molecule has 14 rings (SSSR count). The Bertz CT molecular complexity index is 4100. The van der Waals surface area contributed by atoms with Gasteiger partial charge in [-0.15, -0.1) is 0 Å². The molecule has 406 valence electrons. The Balaban J connectivity index is 0.000000387. The van der Waals surface area contributed by atoms with E-state index in [0.717, 1.165) is 46.7 Å².